The SMILES string of the molecule is CSc1ncc(C(=O)Nc2nc3ccccc3s2)c(Cl)n1. The second-order valence-corrected chi connectivity index (χ2v) is 6.16. The molecule has 1 amide bonds. The van der Waals surface area contributed by atoms with E-state index in [0.717, 1.165) is 10.2 Å². The van der Waals surface area contributed by atoms with Crippen LogP contribution in [0.3, 0.4) is 0 Å². The second-order valence-electron chi connectivity index (χ2n) is 4.00. The van der Waals surface area contributed by atoms with Crippen molar-refractivity contribution in [3.05, 3.63) is 41.2 Å². The van der Waals surface area contributed by atoms with E-state index in [2.05, 4.69) is 20.3 Å². The molecule has 0 radical (unpaired) electrons. The van der Waals surface area contributed by atoms with Gasteiger partial charge in [0.25, 0.3) is 5.91 Å². The first-order valence-electron chi connectivity index (χ1n) is 5.91. The number of halogens is 1. The Morgan fingerprint density at radius 3 is 2.86 bits per heavy atom. The summed E-state index contributed by atoms with van der Waals surface area (Å²) in [4.78, 5) is 24.6. The maximum Gasteiger partial charge on any atom is 0.262 e. The van der Waals surface area contributed by atoms with Gasteiger partial charge in [-0.1, -0.05) is 46.8 Å². The van der Waals surface area contributed by atoms with Crippen LogP contribution >= 0.6 is 34.7 Å². The average Bonchev–Trinajstić information content (AvgIpc) is 2.88. The van der Waals surface area contributed by atoms with Crippen LogP contribution in [-0.4, -0.2) is 27.1 Å². The molecule has 8 heteroatoms. The van der Waals surface area contributed by atoms with Gasteiger partial charge >= 0.3 is 0 Å². The summed E-state index contributed by atoms with van der Waals surface area (Å²) in [5.74, 6) is -0.369. The maximum absolute atomic E-state index is 12.2. The van der Waals surface area contributed by atoms with E-state index in [4.69, 9.17) is 11.6 Å². The number of carbonyl (C=O) groups is 1. The number of nitrogens with zero attached hydrogens (tertiary/aromatic N) is 3. The number of hydrogen-bond acceptors (Lipinski definition) is 6. The predicted octanol–water partition coefficient (Wildman–Crippen LogP) is 3.71. The molecule has 5 nitrogen and oxygen atoms in total. The summed E-state index contributed by atoms with van der Waals surface area (Å²) in [6, 6.07) is 7.67. The Morgan fingerprint density at radius 2 is 2.14 bits per heavy atom. The van der Waals surface area contributed by atoms with Crippen molar-refractivity contribution in [1.82, 2.24) is 15.0 Å². The molecule has 3 aromatic rings. The highest BCUT2D eigenvalue weighted by atomic mass is 35.5. The molecule has 0 fully saturated rings. The van der Waals surface area contributed by atoms with E-state index >= 15 is 0 Å². The van der Waals surface area contributed by atoms with Crippen LogP contribution in [-0.2, 0) is 0 Å². The number of hydrogen-bond donors (Lipinski definition) is 1. The Balaban J connectivity index is 1.85. The summed E-state index contributed by atoms with van der Waals surface area (Å²) in [6.07, 6.45) is 3.26. The molecule has 0 saturated heterocycles. The number of amides is 1. The zero-order chi connectivity index (χ0) is 14.8. The molecule has 0 atom stereocenters. The van der Waals surface area contributed by atoms with E-state index in [9.17, 15) is 4.79 Å². The number of benzene rings is 1. The van der Waals surface area contributed by atoms with Gasteiger partial charge in [-0.05, 0) is 18.4 Å². The van der Waals surface area contributed by atoms with Crippen LogP contribution in [0.5, 0.6) is 0 Å². The first kappa shape index (κ1) is 14.2. The molecule has 106 valence electrons. The molecule has 0 aliphatic rings. The van der Waals surface area contributed by atoms with Gasteiger partial charge in [-0.15, -0.1) is 0 Å². The smallest absolute Gasteiger partial charge is 0.262 e. The third kappa shape index (κ3) is 2.99. The van der Waals surface area contributed by atoms with E-state index in [1.807, 2.05) is 30.5 Å². The molecule has 2 aromatic heterocycles. The molecular weight excluding hydrogens is 328 g/mol. The minimum Gasteiger partial charge on any atom is -0.298 e. The zero-order valence-corrected chi connectivity index (χ0v) is 13.2. The summed E-state index contributed by atoms with van der Waals surface area (Å²) in [7, 11) is 0. The standard InChI is InChI=1S/C13H9ClN4OS2/c1-20-12-15-6-7(10(14)17-12)11(19)18-13-16-8-4-2-3-5-9(8)21-13/h2-6H,1H3,(H,16,18,19). The average molecular weight is 337 g/mol. The van der Waals surface area contributed by atoms with E-state index in [-0.39, 0.29) is 16.6 Å². The Labute approximate surface area is 133 Å². The normalized spacial score (nSPS) is 10.8. The van der Waals surface area contributed by atoms with E-state index in [1.165, 1.54) is 29.3 Å². The third-order valence-electron chi connectivity index (χ3n) is 2.66. The minimum atomic E-state index is -0.369. The summed E-state index contributed by atoms with van der Waals surface area (Å²) in [6.45, 7) is 0. The summed E-state index contributed by atoms with van der Waals surface area (Å²) < 4.78 is 1.01. The van der Waals surface area contributed by atoms with E-state index in [0.29, 0.717) is 10.3 Å². The molecule has 0 unspecified atom stereocenters. The molecule has 0 saturated carbocycles. The lowest BCUT2D eigenvalue weighted by Gasteiger charge is -2.03. The lowest BCUT2D eigenvalue weighted by molar-refractivity contribution is 0.102. The fraction of sp³-hybridized carbons (Fsp3) is 0.0769. The quantitative estimate of drug-likeness (QED) is 0.448. The first-order chi connectivity index (χ1) is 10.2. The number of rotatable bonds is 3. The summed E-state index contributed by atoms with van der Waals surface area (Å²) in [5.41, 5.74) is 1.08. The molecule has 21 heavy (non-hydrogen) atoms. The van der Waals surface area contributed by atoms with Gasteiger partial charge in [-0.2, -0.15) is 0 Å². The van der Waals surface area contributed by atoms with Gasteiger partial charge in [0.2, 0.25) is 0 Å². The molecule has 0 bridgehead atoms. The highest BCUT2D eigenvalue weighted by Gasteiger charge is 2.15. The van der Waals surface area contributed by atoms with Gasteiger partial charge in [-0.3, -0.25) is 10.1 Å². The highest BCUT2D eigenvalue weighted by molar-refractivity contribution is 7.98. The van der Waals surface area contributed by atoms with Gasteiger partial charge in [-0.25, -0.2) is 15.0 Å². The van der Waals surface area contributed by atoms with Crippen molar-refractivity contribution in [3.63, 3.8) is 0 Å². The summed E-state index contributed by atoms with van der Waals surface area (Å²) >= 11 is 8.77. The largest absolute Gasteiger partial charge is 0.298 e. The number of aromatic nitrogens is 3. The molecule has 0 aliphatic heterocycles. The van der Waals surface area contributed by atoms with Gasteiger partial charge < -0.3 is 0 Å². The van der Waals surface area contributed by atoms with Crippen molar-refractivity contribution >= 4 is 56.0 Å². The van der Waals surface area contributed by atoms with Crippen LogP contribution < -0.4 is 5.32 Å². The summed E-state index contributed by atoms with van der Waals surface area (Å²) in [5, 5.41) is 3.90. The number of fused-ring (bicyclic) bond motifs is 1. The lowest BCUT2D eigenvalue weighted by atomic mass is 10.3. The van der Waals surface area contributed by atoms with Crippen LogP contribution in [0.15, 0.2) is 35.6 Å². The molecule has 0 aliphatic carbocycles. The highest BCUT2D eigenvalue weighted by Crippen LogP contribution is 2.26. The molecular formula is C13H9ClN4OS2. The molecule has 1 aromatic carbocycles. The van der Waals surface area contributed by atoms with Crippen molar-refractivity contribution in [2.45, 2.75) is 5.16 Å². The third-order valence-corrected chi connectivity index (χ3v) is 4.46. The van der Waals surface area contributed by atoms with Crippen molar-refractivity contribution in [2.24, 2.45) is 0 Å². The van der Waals surface area contributed by atoms with Gasteiger partial charge in [0.1, 0.15) is 5.15 Å². The topological polar surface area (TPSA) is 67.8 Å². The van der Waals surface area contributed by atoms with E-state index < -0.39 is 0 Å². The lowest BCUT2D eigenvalue weighted by Crippen LogP contribution is -2.13. The van der Waals surface area contributed by atoms with Crippen LogP contribution in [0.4, 0.5) is 5.13 Å². The number of anilines is 1. The molecule has 3 rings (SSSR count). The van der Waals surface area contributed by atoms with Crippen LogP contribution in [0.1, 0.15) is 10.4 Å². The Hall–Kier alpha value is -1.70. The van der Waals surface area contributed by atoms with Crippen molar-refractivity contribution in [3.8, 4) is 0 Å². The molecule has 2 heterocycles. The Kier molecular flexibility index (Phi) is 4.05. The van der Waals surface area contributed by atoms with Crippen LogP contribution in [0.2, 0.25) is 5.15 Å². The van der Waals surface area contributed by atoms with Crippen LogP contribution in [0, 0.1) is 0 Å². The van der Waals surface area contributed by atoms with Gasteiger partial charge in [0.15, 0.2) is 10.3 Å². The van der Waals surface area contributed by atoms with Gasteiger partial charge in [0.05, 0.1) is 15.8 Å². The fourth-order valence-corrected chi connectivity index (χ4v) is 3.15. The van der Waals surface area contributed by atoms with Crippen molar-refractivity contribution < 1.29 is 4.79 Å². The number of carbonyl (C=O) groups excluding carboxylic acids is 1. The number of thiazole rings is 1. The van der Waals surface area contributed by atoms with Crippen molar-refractivity contribution in [2.75, 3.05) is 11.6 Å². The Bertz CT molecular complexity index is 788. The number of nitrogens with one attached hydrogen (secondary N) is 1. The van der Waals surface area contributed by atoms with E-state index in [1.54, 1.807) is 0 Å². The Morgan fingerprint density at radius 1 is 1.33 bits per heavy atom. The second kappa shape index (κ2) is 5.97. The fourth-order valence-electron chi connectivity index (χ4n) is 1.69. The number of thioether (sulfide) groups is 1. The van der Waals surface area contributed by atoms with Crippen LogP contribution in [0.25, 0.3) is 10.2 Å². The predicted molar refractivity (Wildman–Crippen MR) is 86.4 cm³/mol. The maximum atomic E-state index is 12.2. The van der Waals surface area contributed by atoms with Gasteiger partial charge in [0, 0.05) is 6.20 Å². The minimum absolute atomic E-state index is 0.132. The number of para-hydroxylation sites is 1. The van der Waals surface area contributed by atoms with Crippen molar-refractivity contribution in [1.29, 1.82) is 0 Å². The monoisotopic (exact) mass is 336 g/mol. The zero-order valence-electron chi connectivity index (χ0n) is 10.8. The molecule has 1 N–H and O–H groups in total. The first-order valence-corrected chi connectivity index (χ1v) is 8.33. The molecule has 0 spiro atoms.